The standard InChI is InChI=1S/C8H11IN6/c1-13-3-6(8(9)11)4-14-5-7(2-10)15-12/h3,5,11,13H,4,12H2,1H3/b6-3-,11-8?,14-5?,15-7?. The first-order valence-corrected chi connectivity index (χ1v) is 5.02. The predicted molar refractivity (Wildman–Crippen MR) is 69.5 cm³/mol. The molecule has 4 N–H and O–H groups in total. The van der Waals surface area contributed by atoms with Crippen LogP contribution in [0.3, 0.4) is 0 Å². The van der Waals surface area contributed by atoms with Crippen LogP contribution in [0.15, 0.2) is 21.9 Å². The van der Waals surface area contributed by atoms with Crippen molar-refractivity contribution in [3.63, 3.8) is 0 Å². The lowest BCUT2D eigenvalue weighted by molar-refractivity contribution is 1.07. The number of nitriles is 1. The Bertz CT molecular complexity index is 349. The molecule has 6 nitrogen and oxygen atoms in total. The van der Waals surface area contributed by atoms with Gasteiger partial charge in [-0.15, -0.1) is 0 Å². The zero-order chi connectivity index (χ0) is 11.7. The van der Waals surface area contributed by atoms with E-state index in [4.69, 9.17) is 16.5 Å². The van der Waals surface area contributed by atoms with E-state index in [1.807, 2.05) is 22.6 Å². The van der Waals surface area contributed by atoms with Crippen molar-refractivity contribution in [1.29, 1.82) is 10.7 Å². The third kappa shape index (κ3) is 5.79. The molecule has 15 heavy (non-hydrogen) atoms. The number of hydrogen-bond acceptors (Lipinski definition) is 6. The number of rotatable bonds is 5. The SMILES string of the molecule is CN/C=C(/CN=CC(C#N)=NN)C(=N)I. The molecule has 0 saturated carbocycles. The minimum atomic E-state index is 0.0544. The molecule has 7 heteroatoms. The van der Waals surface area contributed by atoms with E-state index in [2.05, 4.69) is 15.4 Å². The highest BCUT2D eigenvalue weighted by Crippen LogP contribution is 2.02. The van der Waals surface area contributed by atoms with Crippen molar-refractivity contribution < 1.29 is 0 Å². The summed E-state index contributed by atoms with van der Waals surface area (Å²) in [7, 11) is 1.74. The van der Waals surface area contributed by atoms with Crippen LogP contribution in [0.4, 0.5) is 0 Å². The van der Waals surface area contributed by atoms with Crippen LogP contribution in [0, 0.1) is 16.7 Å². The second-order valence-electron chi connectivity index (χ2n) is 2.37. The van der Waals surface area contributed by atoms with Crippen molar-refractivity contribution in [3.05, 3.63) is 11.8 Å². The summed E-state index contributed by atoms with van der Waals surface area (Å²) in [6.45, 7) is 0.309. The molecule has 0 saturated heterocycles. The third-order valence-corrected chi connectivity index (χ3v) is 2.02. The molecule has 0 radical (unpaired) electrons. The van der Waals surface area contributed by atoms with Gasteiger partial charge in [-0.25, -0.2) is 0 Å². The molecule has 0 aromatic rings. The number of halogens is 1. The van der Waals surface area contributed by atoms with Gasteiger partial charge >= 0.3 is 0 Å². The van der Waals surface area contributed by atoms with Crippen LogP contribution in [-0.4, -0.2) is 29.2 Å². The highest BCUT2D eigenvalue weighted by atomic mass is 127. The van der Waals surface area contributed by atoms with E-state index >= 15 is 0 Å². The number of nitrogens with two attached hydrogens (primary N) is 1. The van der Waals surface area contributed by atoms with Crippen molar-refractivity contribution in [2.45, 2.75) is 0 Å². The van der Waals surface area contributed by atoms with Crippen molar-refractivity contribution in [1.82, 2.24) is 5.32 Å². The summed E-state index contributed by atoms with van der Waals surface area (Å²) in [6.07, 6.45) is 2.96. The Balaban J connectivity index is 4.43. The summed E-state index contributed by atoms with van der Waals surface area (Å²) in [4.78, 5) is 3.94. The smallest absolute Gasteiger partial charge is 0.177 e. The number of nitrogens with zero attached hydrogens (tertiary/aromatic N) is 3. The molecule has 0 atom stereocenters. The van der Waals surface area contributed by atoms with E-state index < -0.39 is 0 Å². The van der Waals surface area contributed by atoms with Crippen LogP contribution in [0.2, 0.25) is 0 Å². The van der Waals surface area contributed by atoms with E-state index in [1.165, 1.54) is 6.21 Å². The third-order valence-electron chi connectivity index (χ3n) is 1.33. The summed E-state index contributed by atoms with van der Waals surface area (Å²) in [5.74, 6) is 4.92. The fourth-order valence-corrected chi connectivity index (χ4v) is 1.00. The van der Waals surface area contributed by atoms with Gasteiger partial charge < -0.3 is 11.2 Å². The average molecular weight is 318 g/mol. The molecule has 0 aliphatic carbocycles. The Morgan fingerprint density at radius 3 is 2.80 bits per heavy atom. The van der Waals surface area contributed by atoms with Gasteiger partial charge in [0, 0.05) is 18.8 Å². The fraction of sp³-hybridized carbons (Fsp3) is 0.250. The van der Waals surface area contributed by atoms with E-state index in [1.54, 1.807) is 19.3 Å². The summed E-state index contributed by atoms with van der Waals surface area (Å²) < 4.78 is 0.391. The number of hydrazone groups is 1. The summed E-state index contributed by atoms with van der Waals surface area (Å²) in [5, 5.41) is 21.9. The van der Waals surface area contributed by atoms with Crippen LogP contribution in [0.1, 0.15) is 0 Å². The largest absolute Gasteiger partial charge is 0.394 e. The zero-order valence-corrected chi connectivity index (χ0v) is 10.3. The van der Waals surface area contributed by atoms with Gasteiger partial charge in [0.15, 0.2) is 5.71 Å². The van der Waals surface area contributed by atoms with Crippen molar-refractivity contribution in [2.24, 2.45) is 15.9 Å². The molecule has 0 aromatic carbocycles. The Morgan fingerprint density at radius 2 is 2.40 bits per heavy atom. The van der Waals surface area contributed by atoms with E-state index in [0.717, 1.165) is 5.57 Å². The van der Waals surface area contributed by atoms with Crippen LogP contribution in [-0.2, 0) is 0 Å². The topological polar surface area (TPSA) is 110 Å². The number of hydrogen-bond donors (Lipinski definition) is 3. The quantitative estimate of drug-likeness (QED) is 0.295. The van der Waals surface area contributed by atoms with Gasteiger partial charge in [-0.2, -0.15) is 10.4 Å². The molecule has 0 aliphatic heterocycles. The molecule has 0 fully saturated rings. The molecule has 0 unspecified atom stereocenters. The van der Waals surface area contributed by atoms with Gasteiger partial charge in [0.05, 0.1) is 16.5 Å². The maximum absolute atomic E-state index is 8.48. The van der Waals surface area contributed by atoms with E-state index in [-0.39, 0.29) is 5.71 Å². The Kier molecular flexibility index (Phi) is 7.17. The maximum atomic E-state index is 8.48. The van der Waals surface area contributed by atoms with Crippen LogP contribution < -0.4 is 11.2 Å². The minimum absolute atomic E-state index is 0.0544. The van der Waals surface area contributed by atoms with Gasteiger partial charge in [-0.3, -0.25) is 10.4 Å². The summed E-state index contributed by atoms with van der Waals surface area (Å²) in [5.41, 5.74) is 0.780. The van der Waals surface area contributed by atoms with Crippen LogP contribution in [0.25, 0.3) is 0 Å². The maximum Gasteiger partial charge on any atom is 0.177 e. The zero-order valence-electron chi connectivity index (χ0n) is 8.16. The lowest BCUT2D eigenvalue weighted by Gasteiger charge is -1.99. The highest BCUT2D eigenvalue weighted by molar-refractivity contribution is 14.1. The first kappa shape index (κ1) is 13.6. The highest BCUT2D eigenvalue weighted by Gasteiger charge is 1.99. The second kappa shape index (κ2) is 7.93. The number of aliphatic imine (C=N–C) groups is 1. The van der Waals surface area contributed by atoms with E-state index in [9.17, 15) is 0 Å². The Morgan fingerprint density at radius 1 is 1.73 bits per heavy atom. The molecule has 0 aliphatic rings. The molecule has 0 amide bonds. The second-order valence-corrected chi connectivity index (χ2v) is 3.45. The van der Waals surface area contributed by atoms with Crippen molar-refractivity contribution in [3.8, 4) is 6.07 Å². The number of nitrogens with one attached hydrogen (secondary N) is 2. The molecule has 0 heterocycles. The lowest BCUT2D eigenvalue weighted by atomic mass is 10.3. The van der Waals surface area contributed by atoms with Crippen molar-refractivity contribution in [2.75, 3.05) is 13.6 Å². The average Bonchev–Trinajstić information content (AvgIpc) is 2.22. The van der Waals surface area contributed by atoms with Gasteiger partial charge in [-0.1, -0.05) is 0 Å². The van der Waals surface area contributed by atoms with Crippen LogP contribution >= 0.6 is 22.6 Å². The molecular weight excluding hydrogens is 307 g/mol. The molecule has 80 valence electrons. The molecule has 0 spiro atoms. The first-order chi connectivity index (χ1) is 7.15. The minimum Gasteiger partial charge on any atom is -0.394 e. The van der Waals surface area contributed by atoms with E-state index in [0.29, 0.717) is 10.3 Å². The fourth-order valence-electron chi connectivity index (χ4n) is 0.674. The molecule has 0 bridgehead atoms. The normalized spacial score (nSPS) is 12.6. The summed E-state index contributed by atoms with van der Waals surface area (Å²) >= 11 is 1.88. The lowest BCUT2D eigenvalue weighted by Crippen LogP contribution is -2.06. The monoisotopic (exact) mass is 318 g/mol. The molecular formula is C8H11IN6. The Hall–Kier alpha value is -1.43. The van der Waals surface area contributed by atoms with Crippen molar-refractivity contribution >= 4 is 38.2 Å². The molecule has 0 aromatic heterocycles. The predicted octanol–water partition coefficient (Wildman–Crippen LogP) is 0.411. The first-order valence-electron chi connectivity index (χ1n) is 3.94. The Labute approximate surface area is 102 Å². The van der Waals surface area contributed by atoms with Gasteiger partial charge in [0.2, 0.25) is 0 Å². The van der Waals surface area contributed by atoms with Crippen LogP contribution in [0.5, 0.6) is 0 Å². The van der Waals surface area contributed by atoms with Gasteiger partial charge in [-0.05, 0) is 22.6 Å². The van der Waals surface area contributed by atoms with Gasteiger partial charge in [0.25, 0.3) is 0 Å². The van der Waals surface area contributed by atoms with Gasteiger partial charge in [0.1, 0.15) is 6.07 Å². The summed E-state index contributed by atoms with van der Waals surface area (Å²) in [6, 6.07) is 1.77. The molecule has 0 rings (SSSR count).